The van der Waals surface area contributed by atoms with Crippen molar-refractivity contribution in [2.24, 2.45) is 0 Å². The molecule has 0 saturated carbocycles. The van der Waals surface area contributed by atoms with Gasteiger partial charge in [0.05, 0.1) is 12.9 Å². The van der Waals surface area contributed by atoms with Crippen LogP contribution in [0.1, 0.15) is 49.5 Å². The van der Waals surface area contributed by atoms with E-state index in [0.717, 1.165) is 12.8 Å². The van der Waals surface area contributed by atoms with Crippen molar-refractivity contribution < 1.29 is 18.5 Å². The predicted molar refractivity (Wildman–Crippen MR) is 92.2 cm³/mol. The first-order valence-corrected chi connectivity index (χ1v) is 9.22. The summed E-state index contributed by atoms with van der Waals surface area (Å²) in [5.74, 6) is 0.429. The molecule has 128 valence electrons. The maximum absolute atomic E-state index is 12.2. The highest BCUT2D eigenvalue weighted by Gasteiger charge is 2.15. The molecule has 1 N–H and O–H groups in total. The Kier molecular flexibility index (Phi) is 7.95. The Bertz CT molecular complexity index is 582. The second-order valence-electron chi connectivity index (χ2n) is 5.39. The van der Waals surface area contributed by atoms with Crippen LogP contribution in [0.4, 0.5) is 0 Å². The molecule has 5 nitrogen and oxygen atoms in total. The minimum Gasteiger partial charge on any atom is -0.496 e. The monoisotopic (exact) mass is 339 g/mol. The first-order chi connectivity index (χ1) is 10.9. The molecule has 1 atom stereocenters. The van der Waals surface area contributed by atoms with E-state index in [1.165, 1.54) is 14.0 Å². The molecule has 1 aromatic carbocycles. The van der Waals surface area contributed by atoms with Crippen molar-refractivity contribution >= 4 is 22.5 Å². The number of nitrogens with one attached hydrogen (secondary N) is 1. The van der Waals surface area contributed by atoms with Gasteiger partial charge in [0.15, 0.2) is 5.78 Å². The van der Waals surface area contributed by atoms with Gasteiger partial charge in [0.2, 0.25) is 5.91 Å². The Morgan fingerprint density at radius 3 is 2.43 bits per heavy atom. The molecule has 1 rings (SSSR count). The van der Waals surface area contributed by atoms with E-state index in [-0.39, 0.29) is 29.2 Å². The van der Waals surface area contributed by atoms with Crippen LogP contribution in [0.2, 0.25) is 0 Å². The first-order valence-electron chi connectivity index (χ1n) is 7.73. The van der Waals surface area contributed by atoms with E-state index in [4.69, 9.17) is 4.74 Å². The molecular weight excluding hydrogens is 314 g/mol. The molecule has 0 bridgehead atoms. The average molecular weight is 339 g/mol. The largest absolute Gasteiger partial charge is 0.496 e. The third kappa shape index (κ3) is 6.14. The molecule has 0 fully saturated rings. The summed E-state index contributed by atoms with van der Waals surface area (Å²) >= 11 is 0. The van der Waals surface area contributed by atoms with Gasteiger partial charge in [-0.15, -0.1) is 0 Å². The molecule has 1 aromatic rings. The number of methoxy groups -OCH3 is 1. The van der Waals surface area contributed by atoms with Crippen LogP contribution >= 0.6 is 0 Å². The lowest BCUT2D eigenvalue weighted by Gasteiger charge is -2.15. The lowest BCUT2D eigenvalue weighted by atomic mass is 10.1. The quantitative estimate of drug-likeness (QED) is 0.702. The van der Waals surface area contributed by atoms with E-state index in [9.17, 15) is 13.8 Å². The van der Waals surface area contributed by atoms with E-state index >= 15 is 0 Å². The number of hydrogen-bond donors (Lipinski definition) is 1. The molecule has 0 saturated heterocycles. The van der Waals surface area contributed by atoms with Crippen LogP contribution in [0.3, 0.4) is 0 Å². The molecule has 0 aliphatic carbocycles. The fourth-order valence-corrected chi connectivity index (χ4v) is 3.29. The molecule has 0 aliphatic heterocycles. The van der Waals surface area contributed by atoms with Crippen molar-refractivity contribution in [2.45, 2.75) is 45.4 Å². The van der Waals surface area contributed by atoms with Crippen molar-refractivity contribution in [2.75, 3.05) is 12.9 Å². The zero-order valence-corrected chi connectivity index (χ0v) is 15.0. The van der Waals surface area contributed by atoms with E-state index in [2.05, 4.69) is 5.32 Å². The van der Waals surface area contributed by atoms with Crippen molar-refractivity contribution in [3.63, 3.8) is 0 Å². The summed E-state index contributed by atoms with van der Waals surface area (Å²) in [6.45, 7) is 5.48. The fraction of sp³-hybridized carbons (Fsp3) is 0.529. The second kappa shape index (κ2) is 9.45. The molecule has 0 radical (unpaired) electrons. The van der Waals surface area contributed by atoms with E-state index in [1.54, 1.807) is 18.2 Å². The fourth-order valence-electron chi connectivity index (χ4n) is 2.24. The summed E-state index contributed by atoms with van der Waals surface area (Å²) in [6, 6.07) is 5.16. The number of hydrogen-bond acceptors (Lipinski definition) is 4. The molecule has 0 spiro atoms. The Morgan fingerprint density at radius 2 is 1.91 bits per heavy atom. The maximum atomic E-state index is 12.2. The van der Waals surface area contributed by atoms with E-state index in [1.807, 2.05) is 13.8 Å². The minimum absolute atomic E-state index is 0.0516. The molecule has 1 amide bonds. The van der Waals surface area contributed by atoms with Gasteiger partial charge in [-0.25, -0.2) is 0 Å². The summed E-state index contributed by atoms with van der Waals surface area (Å²) in [7, 11) is 0.165. The normalized spacial score (nSPS) is 12.0. The third-order valence-electron chi connectivity index (χ3n) is 3.65. The van der Waals surface area contributed by atoms with Gasteiger partial charge in [0, 0.05) is 28.0 Å². The Labute approximate surface area is 140 Å². The van der Waals surface area contributed by atoms with Gasteiger partial charge in [0.1, 0.15) is 11.5 Å². The molecular formula is C17H25NO4S. The number of benzene rings is 1. The van der Waals surface area contributed by atoms with Gasteiger partial charge in [-0.1, -0.05) is 13.8 Å². The number of carbonyl (C=O) groups excluding carboxylic acids is 2. The number of rotatable bonds is 9. The number of ketones is 1. The highest BCUT2D eigenvalue weighted by molar-refractivity contribution is 7.84. The van der Waals surface area contributed by atoms with Crippen molar-refractivity contribution in [1.82, 2.24) is 5.32 Å². The van der Waals surface area contributed by atoms with Gasteiger partial charge in [-0.2, -0.15) is 0 Å². The molecule has 0 heterocycles. The highest BCUT2D eigenvalue weighted by atomic mass is 32.2. The summed E-state index contributed by atoms with van der Waals surface area (Å²) in [5.41, 5.74) is 1.22. The predicted octanol–water partition coefficient (Wildman–Crippen LogP) is 2.45. The van der Waals surface area contributed by atoms with Crippen LogP contribution in [0.25, 0.3) is 0 Å². The van der Waals surface area contributed by atoms with Crippen LogP contribution < -0.4 is 10.1 Å². The third-order valence-corrected chi connectivity index (χ3v) is 4.86. The van der Waals surface area contributed by atoms with Crippen molar-refractivity contribution in [3.05, 3.63) is 29.3 Å². The molecule has 0 aliphatic rings. The second-order valence-corrected chi connectivity index (χ2v) is 6.85. The van der Waals surface area contributed by atoms with E-state index in [0.29, 0.717) is 16.9 Å². The van der Waals surface area contributed by atoms with Crippen LogP contribution in [-0.4, -0.2) is 34.8 Å². The number of carbonyl (C=O) groups is 2. The zero-order valence-electron chi connectivity index (χ0n) is 14.2. The van der Waals surface area contributed by atoms with E-state index < -0.39 is 10.8 Å². The van der Waals surface area contributed by atoms with Crippen LogP contribution in [0.15, 0.2) is 18.2 Å². The summed E-state index contributed by atoms with van der Waals surface area (Å²) in [6.07, 6.45) is 1.70. The van der Waals surface area contributed by atoms with Crippen LogP contribution in [-0.2, 0) is 21.3 Å². The summed E-state index contributed by atoms with van der Waals surface area (Å²) < 4.78 is 17.5. The lowest BCUT2D eigenvalue weighted by molar-refractivity contribution is -0.119. The Morgan fingerprint density at radius 1 is 1.26 bits per heavy atom. The topological polar surface area (TPSA) is 72.5 Å². The van der Waals surface area contributed by atoms with Gasteiger partial charge < -0.3 is 10.1 Å². The van der Waals surface area contributed by atoms with Crippen LogP contribution in [0, 0.1) is 0 Å². The minimum atomic E-state index is -1.36. The first kappa shape index (κ1) is 19.4. The molecule has 0 unspecified atom stereocenters. The number of ether oxygens (including phenoxy) is 1. The SMILES string of the molecule is CCC(CC)NC(=O)C[S@](=O)Cc1cc(C(C)=O)ccc1OC. The maximum Gasteiger partial charge on any atom is 0.232 e. The molecule has 0 aromatic heterocycles. The van der Waals surface area contributed by atoms with Crippen molar-refractivity contribution in [1.29, 1.82) is 0 Å². The Balaban J connectivity index is 2.75. The van der Waals surface area contributed by atoms with Gasteiger partial charge in [0.25, 0.3) is 0 Å². The smallest absolute Gasteiger partial charge is 0.232 e. The highest BCUT2D eigenvalue weighted by Crippen LogP contribution is 2.22. The average Bonchev–Trinajstić information content (AvgIpc) is 2.52. The number of amides is 1. The summed E-state index contributed by atoms with van der Waals surface area (Å²) in [4.78, 5) is 23.4. The standard InChI is InChI=1S/C17H25NO4S/c1-5-15(6-2)18-17(20)11-23(21)10-14-9-13(12(3)19)7-8-16(14)22-4/h7-9,15H,5-6,10-11H2,1-4H3,(H,18,20)/t23-/m1/s1. The molecule has 23 heavy (non-hydrogen) atoms. The summed E-state index contributed by atoms with van der Waals surface area (Å²) in [5, 5.41) is 2.87. The van der Waals surface area contributed by atoms with Gasteiger partial charge in [-0.3, -0.25) is 13.8 Å². The lowest BCUT2D eigenvalue weighted by Crippen LogP contribution is -2.36. The zero-order chi connectivity index (χ0) is 17.4. The van der Waals surface area contributed by atoms with Gasteiger partial charge >= 0.3 is 0 Å². The van der Waals surface area contributed by atoms with Gasteiger partial charge in [-0.05, 0) is 38.0 Å². The Hall–Kier alpha value is -1.69. The van der Waals surface area contributed by atoms with Crippen LogP contribution in [0.5, 0.6) is 5.75 Å². The van der Waals surface area contributed by atoms with Crippen molar-refractivity contribution in [3.8, 4) is 5.75 Å². The number of Topliss-reactive ketones (excluding diaryl/α,β-unsaturated/α-hetero) is 1. The molecule has 6 heteroatoms.